The van der Waals surface area contributed by atoms with Crippen LogP contribution >= 0.6 is 0 Å². The zero-order chi connectivity index (χ0) is 14.5. The lowest BCUT2D eigenvalue weighted by Crippen LogP contribution is -2.49. The third-order valence-corrected chi connectivity index (χ3v) is 3.80. The second-order valence-corrected chi connectivity index (χ2v) is 5.58. The average molecular weight is 272 g/mol. The second-order valence-electron chi connectivity index (χ2n) is 5.58. The molecule has 110 valence electrons. The predicted molar refractivity (Wildman–Crippen MR) is 70.6 cm³/mol. The summed E-state index contributed by atoms with van der Waals surface area (Å²) in [4.78, 5) is 23.0. The van der Waals surface area contributed by atoms with Crippen LogP contribution in [0.5, 0.6) is 0 Å². The van der Waals surface area contributed by atoms with Crippen LogP contribution in [-0.2, 0) is 14.3 Å². The summed E-state index contributed by atoms with van der Waals surface area (Å²) in [7, 11) is 0. The van der Waals surface area contributed by atoms with Crippen molar-refractivity contribution in [3.63, 3.8) is 0 Å². The number of carbonyl (C=O) groups excluding carboxylic acids is 1. The topological polar surface area (TPSA) is 102 Å². The van der Waals surface area contributed by atoms with Crippen LogP contribution in [0.15, 0.2) is 0 Å². The van der Waals surface area contributed by atoms with Crippen molar-refractivity contribution >= 4 is 11.9 Å². The van der Waals surface area contributed by atoms with E-state index in [0.717, 1.165) is 12.8 Å². The van der Waals surface area contributed by atoms with Gasteiger partial charge in [-0.3, -0.25) is 9.59 Å². The molecule has 1 rings (SSSR count). The van der Waals surface area contributed by atoms with Crippen molar-refractivity contribution in [2.45, 2.75) is 39.2 Å². The van der Waals surface area contributed by atoms with Gasteiger partial charge in [0.1, 0.15) is 5.41 Å². The summed E-state index contributed by atoms with van der Waals surface area (Å²) < 4.78 is 5.19. The van der Waals surface area contributed by atoms with Gasteiger partial charge in [0.2, 0.25) is 5.91 Å². The first-order valence-electron chi connectivity index (χ1n) is 6.70. The van der Waals surface area contributed by atoms with E-state index in [9.17, 15) is 14.7 Å². The van der Waals surface area contributed by atoms with Crippen LogP contribution in [0.4, 0.5) is 0 Å². The normalized spacial score (nSPS) is 28.1. The van der Waals surface area contributed by atoms with Crippen LogP contribution in [-0.4, -0.2) is 42.8 Å². The minimum absolute atomic E-state index is 0.119. The first-order chi connectivity index (χ1) is 8.90. The maximum Gasteiger partial charge on any atom is 0.313 e. The molecule has 0 spiro atoms. The van der Waals surface area contributed by atoms with Crippen LogP contribution in [0.1, 0.15) is 33.1 Å². The molecule has 0 radical (unpaired) electrons. The highest BCUT2D eigenvalue weighted by Crippen LogP contribution is 2.28. The molecule has 1 aliphatic heterocycles. The van der Waals surface area contributed by atoms with E-state index in [1.807, 2.05) is 0 Å². The van der Waals surface area contributed by atoms with Crippen molar-refractivity contribution in [3.8, 4) is 0 Å². The van der Waals surface area contributed by atoms with Crippen molar-refractivity contribution in [1.82, 2.24) is 5.32 Å². The van der Waals surface area contributed by atoms with E-state index in [-0.39, 0.29) is 19.1 Å². The monoisotopic (exact) mass is 272 g/mol. The minimum atomic E-state index is -1.03. The van der Waals surface area contributed by atoms with Crippen LogP contribution < -0.4 is 11.1 Å². The molecule has 1 aliphatic rings. The first-order valence-corrected chi connectivity index (χ1v) is 6.70. The van der Waals surface area contributed by atoms with Gasteiger partial charge in [-0.25, -0.2) is 0 Å². The molecule has 3 atom stereocenters. The summed E-state index contributed by atoms with van der Waals surface area (Å²) in [5.41, 5.74) is 4.43. The van der Waals surface area contributed by atoms with E-state index in [1.54, 1.807) is 6.92 Å². The zero-order valence-corrected chi connectivity index (χ0v) is 11.6. The third-order valence-electron chi connectivity index (χ3n) is 3.80. The highest BCUT2D eigenvalue weighted by molar-refractivity contribution is 5.80. The van der Waals surface area contributed by atoms with Gasteiger partial charge in [-0.1, -0.05) is 6.92 Å². The number of nitrogens with one attached hydrogen (secondary N) is 1. The fraction of sp³-hybridized carbons (Fsp3) is 0.846. The zero-order valence-electron chi connectivity index (χ0n) is 11.6. The van der Waals surface area contributed by atoms with Gasteiger partial charge in [0.05, 0.1) is 19.3 Å². The Morgan fingerprint density at radius 1 is 1.53 bits per heavy atom. The van der Waals surface area contributed by atoms with Gasteiger partial charge >= 0.3 is 5.97 Å². The number of carboxylic acids is 1. The molecule has 4 N–H and O–H groups in total. The Bertz CT molecular complexity index is 335. The van der Waals surface area contributed by atoms with Gasteiger partial charge in [0, 0.05) is 6.42 Å². The van der Waals surface area contributed by atoms with Crippen LogP contribution in [0, 0.1) is 11.3 Å². The number of amides is 1. The molecule has 0 aromatic carbocycles. The molecule has 19 heavy (non-hydrogen) atoms. The van der Waals surface area contributed by atoms with E-state index >= 15 is 0 Å². The lowest BCUT2D eigenvalue weighted by molar-refractivity contribution is -0.149. The summed E-state index contributed by atoms with van der Waals surface area (Å²) in [6.07, 6.45) is 2.06. The number of ether oxygens (including phenoxy) is 1. The van der Waals surface area contributed by atoms with Crippen molar-refractivity contribution < 1.29 is 19.4 Å². The van der Waals surface area contributed by atoms with Crippen molar-refractivity contribution in [2.75, 3.05) is 19.8 Å². The summed E-state index contributed by atoms with van der Waals surface area (Å²) >= 11 is 0. The molecule has 6 nitrogen and oxygen atoms in total. The lowest BCUT2D eigenvalue weighted by atomic mass is 9.85. The van der Waals surface area contributed by atoms with Gasteiger partial charge in [0.25, 0.3) is 0 Å². The third kappa shape index (κ3) is 4.18. The number of carbonyl (C=O) groups is 2. The van der Waals surface area contributed by atoms with E-state index in [1.165, 1.54) is 0 Å². The number of aliphatic carboxylic acids is 1. The quantitative estimate of drug-likeness (QED) is 0.621. The maximum absolute atomic E-state index is 11.8. The molecule has 0 bridgehead atoms. The van der Waals surface area contributed by atoms with Crippen LogP contribution in [0.3, 0.4) is 0 Å². The highest BCUT2D eigenvalue weighted by Gasteiger charge is 2.47. The Morgan fingerprint density at radius 3 is 2.79 bits per heavy atom. The Kier molecular flexibility index (Phi) is 5.75. The molecule has 1 fully saturated rings. The molecule has 0 aromatic rings. The number of hydrogen-bond acceptors (Lipinski definition) is 4. The largest absolute Gasteiger partial charge is 0.481 e. The van der Waals surface area contributed by atoms with Gasteiger partial charge < -0.3 is 20.9 Å². The Balaban J connectivity index is 2.42. The fourth-order valence-corrected chi connectivity index (χ4v) is 2.16. The van der Waals surface area contributed by atoms with E-state index in [2.05, 4.69) is 12.2 Å². The smallest absolute Gasteiger partial charge is 0.313 e. The second kappa shape index (κ2) is 6.86. The van der Waals surface area contributed by atoms with Gasteiger partial charge in [0.15, 0.2) is 0 Å². The van der Waals surface area contributed by atoms with Crippen LogP contribution in [0.2, 0.25) is 0 Å². The number of carboxylic acid groups (broad SMARTS) is 1. The molecular formula is C13H24N2O4. The summed E-state index contributed by atoms with van der Waals surface area (Å²) in [5, 5.41) is 12.0. The average Bonchev–Trinajstić information content (AvgIpc) is 2.70. The molecule has 0 aliphatic carbocycles. The Labute approximate surface area is 113 Å². The predicted octanol–water partition coefficient (Wildman–Crippen LogP) is 0.357. The van der Waals surface area contributed by atoms with Gasteiger partial charge in [-0.05, 0) is 32.2 Å². The molecular weight excluding hydrogens is 248 g/mol. The molecule has 1 heterocycles. The molecule has 1 saturated heterocycles. The van der Waals surface area contributed by atoms with Crippen molar-refractivity contribution in [2.24, 2.45) is 17.1 Å². The maximum atomic E-state index is 11.8. The van der Waals surface area contributed by atoms with Gasteiger partial charge in [-0.2, -0.15) is 0 Å². The molecule has 3 unspecified atom stereocenters. The van der Waals surface area contributed by atoms with E-state index < -0.39 is 17.4 Å². The summed E-state index contributed by atoms with van der Waals surface area (Å²) in [6.45, 7) is 4.67. The van der Waals surface area contributed by atoms with E-state index in [0.29, 0.717) is 18.9 Å². The minimum Gasteiger partial charge on any atom is -0.481 e. The van der Waals surface area contributed by atoms with Crippen LogP contribution in [0.25, 0.3) is 0 Å². The Morgan fingerprint density at radius 2 is 2.21 bits per heavy atom. The van der Waals surface area contributed by atoms with Gasteiger partial charge in [-0.15, -0.1) is 0 Å². The Hall–Kier alpha value is -1.14. The standard InChI is InChI=1S/C13H24N2O4/c1-9(5-6-14)3-4-11(16)15-10-7-19-8-13(10,2)12(17)18/h9-10H,3-8,14H2,1-2H3,(H,15,16)(H,17,18). The first kappa shape index (κ1) is 15.9. The molecule has 6 heteroatoms. The highest BCUT2D eigenvalue weighted by atomic mass is 16.5. The van der Waals surface area contributed by atoms with Crippen molar-refractivity contribution in [1.29, 1.82) is 0 Å². The summed E-state index contributed by atoms with van der Waals surface area (Å²) in [5.74, 6) is -0.653. The number of hydrogen-bond donors (Lipinski definition) is 3. The lowest BCUT2D eigenvalue weighted by Gasteiger charge is -2.25. The SMILES string of the molecule is CC(CCN)CCC(=O)NC1COCC1(C)C(=O)O. The molecule has 0 aromatic heterocycles. The number of nitrogens with two attached hydrogens (primary N) is 1. The fourth-order valence-electron chi connectivity index (χ4n) is 2.16. The van der Waals surface area contributed by atoms with Crippen molar-refractivity contribution in [3.05, 3.63) is 0 Å². The summed E-state index contributed by atoms with van der Waals surface area (Å²) in [6, 6.07) is -0.456. The van der Waals surface area contributed by atoms with E-state index in [4.69, 9.17) is 10.5 Å². The number of rotatable bonds is 7. The molecule has 1 amide bonds. The molecule has 0 saturated carbocycles.